The SMILES string of the molecule is COc1ccc([C@@H](OS(=O)(=O)C(F)(F)F)c2c(F)cc(CN(C(=O)OC(C)(C)C)/C(=N/C(=O)OC(C)(C)C)N3CN(C)C(=O)N(C)C3)cc2F)cc1. The summed E-state index contributed by atoms with van der Waals surface area (Å²) in [5, 5.41) is 0. The van der Waals surface area contributed by atoms with Gasteiger partial charge in [-0.15, -0.1) is 4.99 Å². The third-order valence-corrected chi connectivity index (χ3v) is 7.82. The molecular weight excluding hydrogens is 725 g/mol. The van der Waals surface area contributed by atoms with Gasteiger partial charge in [-0.25, -0.2) is 32.2 Å². The summed E-state index contributed by atoms with van der Waals surface area (Å²) in [5.74, 6) is -3.36. The predicted molar refractivity (Wildman–Crippen MR) is 175 cm³/mol. The number of hydrogen-bond acceptors (Lipinski definition) is 9. The third kappa shape index (κ3) is 10.7. The molecule has 1 heterocycles. The van der Waals surface area contributed by atoms with Gasteiger partial charge in [0.15, 0.2) is 0 Å². The molecule has 0 aliphatic carbocycles. The highest BCUT2D eigenvalue weighted by Gasteiger charge is 2.49. The Morgan fingerprint density at radius 1 is 0.904 bits per heavy atom. The molecule has 0 saturated carbocycles. The van der Waals surface area contributed by atoms with E-state index in [-0.39, 0.29) is 30.2 Å². The lowest BCUT2D eigenvalue weighted by Gasteiger charge is -2.42. The molecule has 20 heteroatoms. The predicted octanol–water partition coefficient (Wildman–Crippen LogP) is 6.17. The molecule has 52 heavy (non-hydrogen) atoms. The summed E-state index contributed by atoms with van der Waals surface area (Å²) in [6, 6.07) is 5.40. The van der Waals surface area contributed by atoms with Gasteiger partial charge in [0, 0.05) is 14.1 Å². The van der Waals surface area contributed by atoms with Gasteiger partial charge in [-0.1, -0.05) is 12.1 Å². The van der Waals surface area contributed by atoms with Gasteiger partial charge in [0.1, 0.15) is 34.7 Å². The number of carbonyl (C=O) groups excluding carboxylic acids is 3. The highest BCUT2D eigenvalue weighted by molar-refractivity contribution is 7.87. The van der Waals surface area contributed by atoms with E-state index >= 15 is 8.78 Å². The molecule has 3 rings (SSSR count). The van der Waals surface area contributed by atoms with Crippen molar-refractivity contribution in [2.75, 3.05) is 34.5 Å². The molecule has 2 aromatic rings. The Labute approximate surface area is 297 Å². The van der Waals surface area contributed by atoms with Crippen molar-refractivity contribution in [2.45, 2.75) is 70.9 Å². The van der Waals surface area contributed by atoms with Crippen LogP contribution in [-0.2, 0) is 30.3 Å². The Bertz CT molecular complexity index is 1760. The molecule has 0 radical (unpaired) electrons. The summed E-state index contributed by atoms with van der Waals surface area (Å²) in [6.07, 6.45) is -4.79. The van der Waals surface area contributed by atoms with Crippen molar-refractivity contribution in [3.8, 4) is 5.75 Å². The lowest BCUT2D eigenvalue weighted by molar-refractivity contribution is -0.0564. The van der Waals surface area contributed by atoms with Gasteiger partial charge in [-0.3, -0.25) is 0 Å². The van der Waals surface area contributed by atoms with E-state index in [1.807, 2.05) is 0 Å². The summed E-state index contributed by atoms with van der Waals surface area (Å²) < 4.78 is 116. The van der Waals surface area contributed by atoms with Crippen molar-refractivity contribution in [3.05, 3.63) is 64.7 Å². The number of rotatable bonds is 7. The van der Waals surface area contributed by atoms with Gasteiger partial charge >= 0.3 is 33.8 Å². The molecule has 0 aromatic heterocycles. The number of carbonyl (C=O) groups is 3. The molecule has 1 fully saturated rings. The molecular formula is C32H40F5N5O9S. The lowest BCUT2D eigenvalue weighted by Crippen LogP contribution is -2.60. The van der Waals surface area contributed by atoms with Crippen LogP contribution >= 0.6 is 0 Å². The number of nitrogens with zero attached hydrogens (tertiary/aromatic N) is 5. The second-order valence-corrected chi connectivity index (χ2v) is 15.1. The fourth-order valence-corrected chi connectivity index (χ4v) is 5.26. The number of methoxy groups -OCH3 is 1. The number of urea groups is 1. The van der Waals surface area contributed by atoms with Crippen molar-refractivity contribution in [3.63, 3.8) is 0 Å². The highest BCUT2D eigenvalue weighted by Crippen LogP contribution is 2.37. The van der Waals surface area contributed by atoms with Crippen LogP contribution in [0.1, 0.15) is 64.3 Å². The summed E-state index contributed by atoms with van der Waals surface area (Å²) in [6.45, 7) is 8.04. The van der Waals surface area contributed by atoms with Crippen LogP contribution in [0.2, 0.25) is 0 Å². The third-order valence-electron chi connectivity index (χ3n) is 6.81. The highest BCUT2D eigenvalue weighted by atomic mass is 32.2. The average Bonchev–Trinajstić information content (AvgIpc) is 2.98. The van der Waals surface area contributed by atoms with E-state index in [1.54, 1.807) is 20.8 Å². The van der Waals surface area contributed by atoms with Gasteiger partial charge in [-0.2, -0.15) is 21.6 Å². The van der Waals surface area contributed by atoms with Crippen molar-refractivity contribution in [1.29, 1.82) is 0 Å². The largest absolute Gasteiger partial charge is 0.523 e. The summed E-state index contributed by atoms with van der Waals surface area (Å²) in [7, 11) is -2.26. The second kappa shape index (κ2) is 15.5. The average molecular weight is 766 g/mol. The van der Waals surface area contributed by atoms with Crippen LogP contribution in [0, 0.1) is 11.6 Å². The standard InChI is InChI=1S/C32H40F5N5O9S/c1-30(2,3)49-27(43)38-26(41-17-39(7)28(44)40(8)18-41)42(29(45)50-31(4,5)6)16-19-14-22(33)24(23(34)15-19)25(51-52(46,47)32(35,36)37)20-10-12-21(48-9)13-11-20/h10-15,25H,16-18H2,1-9H3/b38-26+/t25-/m1/s1. The maximum Gasteiger partial charge on any atom is 0.523 e. The number of halogens is 5. The maximum absolute atomic E-state index is 16.0. The molecule has 14 nitrogen and oxygen atoms in total. The molecule has 0 spiro atoms. The number of aliphatic imine (C=N–C) groups is 1. The van der Waals surface area contributed by atoms with Crippen LogP contribution in [0.15, 0.2) is 41.4 Å². The molecule has 1 saturated heterocycles. The molecule has 4 amide bonds. The van der Waals surface area contributed by atoms with Crippen LogP contribution in [0.3, 0.4) is 0 Å². The van der Waals surface area contributed by atoms with Gasteiger partial charge in [-0.05, 0) is 76.9 Å². The van der Waals surface area contributed by atoms with E-state index in [9.17, 15) is 36.0 Å². The van der Waals surface area contributed by atoms with E-state index in [0.29, 0.717) is 12.1 Å². The maximum atomic E-state index is 16.0. The zero-order chi connectivity index (χ0) is 39.6. The van der Waals surface area contributed by atoms with E-state index in [4.69, 9.17) is 14.2 Å². The van der Waals surface area contributed by atoms with Crippen molar-refractivity contribution in [1.82, 2.24) is 19.6 Å². The van der Waals surface area contributed by atoms with Crippen LogP contribution in [-0.4, -0.2) is 103 Å². The first-order valence-electron chi connectivity index (χ1n) is 15.4. The first-order chi connectivity index (χ1) is 23.7. The Morgan fingerprint density at radius 2 is 1.40 bits per heavy atom. The van der Waals surface area contributed by atoms with Crippen molar-refractivity contribution < 1.29 is 63.1 Å². The molecule has 2 aromatic carbocycles. The number of hydrogen-bond donors (Lipinski definition) is 0. The number of amides is 4. The quantitative estimate of drug-likeness (QED) is 0.105. The van der Waals surface area contributed by atoms with Gasteiger partial charge in [0.05, 0.1) is 32.6 Å². The van der Waals surface area contributed by atoms with Crippen LogP contribution in [0.25, 0.3) is 0 Å². The normalized spacial score (nSPS) is 15.4. The van der Waals surface area contributed by atoms with Crippen molar-refractivity contribution >= 4 is 34.3 Å². The minimum atomic E-state index is -6.39. The van der Waals surface area contributed by atoms with Gasteiger partial charge in [0.2, 0.25) is 5.96 Å². The number of guanidine groups is 1. The smallest absolute Gasteiger partial charge is 0.497 e. The summed E-state index contributed by atoms with van der Waals surface area (Å²) in [4.78, 5) is 47.8. The molecule has 0 N–H and O–H groups in total. The van der Waals surface area contributed by atoms with E-state index in [0.717, 1.165) is 17.0 Å². The molecule has 288 valence electrons. The number of alkyl halides is 3. The van der Waals surface area contributed by atoms with Crippen LogP contribution < -0.4 is 4.74 Å². The van der Waals surface area contributed by atoms with E-state index in [1.165, 1.54) is 68.8 Å². The van der Waals surface area contributed by atoms with E-state index in [2.05, 4.69) is 9.18 Å². The monoisotopic (exact) mass is 765 g/mol. The molecule has 0 unspecified atom stereocenters. The molecule has 1 aliphatic heterocycles. The molecule has 0 bridgehead atoms. The Balaban J connectivity index is 2.21. The number of benzene rings is 2. The summed E-state index contributed by atoms with van der Waals surface area (Å²) in [5.41, 5.74) is -10.1. The van der Waals surface area contributed by atoms with Crippen LogP contribution in [0.5, 0.6) is 5.75 Å². The second-order valence-electron chi connectivity index (χ2n) is 13.6. The zero-order valence-corrected chi connectivity index (χ0v) is 30.7. The Hall–Kier alpha value is -4.72. The minimum Gasteiger partial charge on any atom is -0.497 e. The van der Waals surface area contributed by atoms with Gasteiger partial charge in [0.25, 0.3) is 0 Å². The zero-order valence-electron chi connectivity index (χ0n) is 29.9. The van der Waals surface area contributed by atoms with Crippen LogP contribution in [0.4, 0.5) is 36.3 Å². The topological polar surface area (TPSA) is 148 Å². The first-order valence-corrected chi connectivity index (χ1v) is 16.8. The van der Waals surface area contributed by atoms with Crippen molar-refractivity contribution in [2.24, 2.45) is 4.99 Å². The summed E-state index contributed by atoms with van der Waals surface area (Å²) >= 11 is 0. The fourth-order valence-electron chi connectivity index (χ4n) is 4.69. The van der Waals surface area contributed by atoms with Gasteiger partial charge < -0.3 is 28.9 Å². The Kier molecular flexibility index (Phi) is 12.4. The first kappa shape index (κ1) is 41.7. The Morgan fingerprint density at radius 3 is 1.85 bits per heavy atom. The minimum absolute atomic E-state index is 0.194. The number of ether oxygens (including phenoxy) is 3. The molecule has 1 atom stereocenters. The fraction of sp³-hybridized carbons (Fsp3) is 0.500. The lowest BCUT2D eigenvalue weighted by atomic mass is 9.98. The molecule has 1 aliphatic rings. The van der Waals surface area contributed by atoms with E-state index < -0.39 is 80.9 Å².